The van der Waals surface area contributed by atoms with E-state index >= 15 is 0 Å². The van der Waals surface area contributed by atoms with E-state index < -0.39 is 0 Å². The quantitative estimate of drug-likeness (QED) is 0.785. The topological polar surface area (TPSA) is 12.0 Å². The summed E-state index contributed by atoms with van der Waals surface area (Å²) in [6, 6.07) is 5.39. The van der Waals surface area contributed by atoms with Crippen LogP contribution < -0.4 is 5.32 Å². The van der Waals surface area contributed by atoms with Gasteiger partial charge in [-0.05, 0) is 36.1 Å². The molecule has 0 amide bonds. The van der Waals surface area contributed by atoms with E-state index in [2.05, 4.69) is 26.1 Å². The summed E-state index contributed by atoms with van der Waals surface area (Å²) in [5.74, 6) is 0.415. The molecule has 2 heteroatoms. The molecule has 0 aromatic heterocycles. The maximum atomic E-state index is 13.4. The van der Waals surface area contributed by atoms with Crippen LogP contribution in [0, 0.1) is 11.7 Å². The van der Waals surface area contributed by atoms with Crippen molar-refractivity contribution in [2.75, 3.05) is 6.54 Å². The van der Waals surface area contributed by atoms with Gasteiger partial charge >= 0.3 is 0 Å². The fourth-order valence-corrected chi connectivity index (χ4v) is 1.60. The maximum Gasteiger partial charge on any atom is 0.126 e. The van der Waals surface area contributed by atoms with Crippen LogP contribution in [-0.4, -0.2) is 6.54 Å². The fourth-order valence-electron chi connectivity index (χ4n) is 1.60. The van der Waals surface area contributed by atoms with E-state index in [-0.39, 0.29) is 5.82 Å². The molecule has 0 aliphatic rings. The molecule has 0 heterocycles. The van der Waals surface area contributed by atoms with E-state index in [4.69, 9.17) is 0 Å². The highest BCUT2D eigenvalue weighted by molar-refractivity contribution is 5.25. The molecule has 0 atom stereocenters. The minimum Gasteiger partial charge on any atom is -0.313 e. The number of rotatable bonds is 5. The zero-order valence-corrected chi connectivity index (χ0v) is 9.81. The van der Waals surface area contributed by atoms with Crippen LogP contribution in [-0.2, 0) is 13.0 Å². The third kappa shape index (κ3) is 4.00. The molecule has 84 valence electrons. The maximum absolute atomic E-state index is 13.4. The fraction of sp³-hybridized carbons (Fsp3) is 0.538. The minimum atomic E-state index is -0.0797. The summed E-state index contributed by atoms with van der Waals surface area (Å²) in [6.07, 6.45) is 0.811. The summed E-state index contributed by atoms with van der Waals surface area (Å²) in [4.78, 5) is 0. The van der Waals surface area contributed by atoms with Crippen molar-refractivity contribution < 1.29 is 4.39 Å². The first kappa shape index (κ1) is 12.2. The molecule has 1 aromatic carbocycles. The Morgan fingerprint density at radius 3 is 2.67 bits per heavy atom. The van der Waals surface area contributed by atoms with E-state index in [1.54, 1.807) is 6.07 Å². The molecule has 0 saturated carbocycles. The Hall–Kier alpha value is -0.890. The van der Waals surface area contributed by atoms with Crippen LogP contribution in [0.2, 0.25) is 0 Å². The van der Waals surface area contributed by atoms with Crippen molar-refractivity contribution >= 4 is 0 Å². The number of benzene rings is 1. The molecule has 15 heavy (non-hydrogen) atoms. The SMILES string of the molecule is CCNCc1ccc(F)c(CC(C)C)c1. The first-order valence-electron chi connectivity index (χ1n) is 5.61. The zero-order valence-electron chi connectivity index (χ0n) is 9.81. The Morgan fingerprint density at radius 2 is 2.07 bits per heavy atom. The van der Waals surface area contributed by atoms with Crippen LogP contribution >= 0.6 is 0 Å². The van der Waals surface area contributed by atoms with Crippen molar-refractivity contribution in [3.8, 4) is 0 Å². The zero-order chi connectivity index (χ0) is 11.3. The average molecular weight is 209 g/mol. The summed E-state index contributed by atoms with van der Waals surface area (Å²) >= 11 is 0. The van der Waals surface area contributed by atoms with Gasteiger partial charge in [0.15, 0.2) is 0 Å². The number of nitrogens with one attached hydrogen (secondary N) is 1. The monoisotopic (exact) mass is 209 g/mol. The third-order valence-corrected chi connectivity index (χ3v) is 2.32. The van der Waals surface area contributed by atoms with Gasteiger partial charge in [0.2, 0.25) is 0 Å². The van der Waals surface area contributed by atoms with Crippen molar-refractivity contribution in [2.45, 2.75) is 33.7 Å². The second-order valence-electron chi connectivity index (χ2n) is 4.30. The van der Waals surface area contributed by atoms with Gasteiger partial charge in [-0.15, -0.1) is 0 Å². The van der Waals surface area contributed by atoms with Gasteiger partial charge in [-0.3, -0.25) is 0 Å². The van der Waals surface area contributed by atoms with Crippen molar-refractivity contribution in [3.05, 3.63) is 35.1 Å². The van der Waals surface area contributed by atoms with E-state index in [1.165, 1.54) is 0 Å². The van der Waals surface area contributed by atoms with Gasteiger partial charge in [0.1, 0.15) is 5.82 Å². The predicted molar refractivity (Wildman–Crippen MR) is 62.3 cm³/mol. The van der Waals surface area contributed by atoms with Crippen LogP contribution in [0.4, 0.5) is 4.39 Å². The molecule has 0 radical (unpaired) electrons. The van der Waals surface area contributed by atoms with Crippen LogP contribution in [0.15, 0.2) is 18.2 Å². The van der Waals surface area contributed by atoms with Crippen molar-refractivity contribution in [1.82, 2.24) is 5.32 Å². The number of hydrogen-bond acceptors (Lipinski definition) is 1. The first-order chi connectivity index (χ1) is 7.13. The molecule has 0 aliphatic heterocycles. The predicted octanol–water partition coefficient (Wildman–Crippen LogP) is 3.13. The number of halogens is 1. The molecular formula is C13H20FN. The smallest absolute Gasteiger partial charge is 0.126 e. The minimum absolute atomic E-state index is 0.0797. The van der Waals surface area contributed by atoms with Crippen LogP contribution in [0.3, 0.4) is 0 Å². The van der Waals surface area contributed by atoms with Crippen LogP contribution in [0.5, 0.6) is 0 Å². The Bertz CT molecular complexity index is 307. The molecular weight excluding hydrogens is 189 g/mol. The van der Waals surface area contributed by atoms with E-state index in [1.807, 2.05) is 12.1 Å². The summed E-state index contributed by atoms with van der Waals surface area (Å²) in [5, 5.41) is 3.24. The van der Waals surface area contributed by atoms with E-state index in [0.29, 0.717) is 5.92 Å². The van der Waals surface area contributed by atoms with Gasteiger partial charge in [0.25, 0.3) is 0 Å². The summed E-state index contributed by atoms with van der Waals surface area (Å²) in [6.45, 7) is 8.05. The molecule has 1 nitrogen and oxygen atoms in total. The van der Waals surface area contributed by atoms with Crippen LogP contribution in [0.25, 0.3) is 0 Å². The Kier molecular flexibility index (Phi) is 4.76. The molecule has 1 N–H and O–H groups in total. The Balaban J connectivity index is 2.75. The van der Waals surface area contributed by atoms with Gasteiger partial charge in [-0.25, -0.2) is 4.39 Å². The Morgan fingerprint density at radius 1 is 1.33 bits per heavy atom. The lowest BCUT2D eigenvalue weighted by Gasteiger charge is -2.09. The highest BCUT2D eigenvalue weighted by Gasteiger charge is 2.05. The molecule has 0 aliphatic carbocycles. The van der Waals surface area contributed by atoms with E-state index in [9.17, 15) is 4.39 Å². The van der Waals surface area contributed by atoms with Gasteiger partial charge in [0, 0.05) is 6.54 Å². The van der Waals surface area contributed by atoms with Crippen LogP contribution in [0.1, 0.15) is 31.9 Å². The number of hydrogen-bond donors (Lipinski definition) is 1. The highest BCUT2D eigenvalue weighted by atomic mass is 19.1. The summed E-state index contributed by atoms with van der Waals surface area (Å²) < 4.78 is 13.4. The lowest BCUT2D eigenvalue weighted by molar-refractivity contribution is 0.572. The lowest BCUT2D eigenvalue weighted by atomic mass is 10.0. The van der Waals surface area contributed by atoms with Crippen molar-refractivity contribution in [1.29, 1.82) is 0 Å². The van der Waals surface area contributed by atoms with Gasteiger partial charge in [0.05, 0.1) is 0 Å². The lowest BCUT2D eigenvalue weighted by Crippen LogP contribution is -2.12. The molecule has 1 aromatic rings. The largest absolute Gasteiger partial charge is 0.313 e. The second kappa shape index (κ2) is 5.86. The van der Waals surface area contributed by atoms with Crippen molar-refractivity contribution in [2.24, 2.45) is 5.92 Å². The van der Waals surface area contributed by atoms with Gasteiger partial charge in [-0.2, -0.15) is 0 Å². The van der Waals surface area contributed by atoms with Crippen molar-refractivity contribution in [3.63, 3.8) is 0 Å². The molecule has 0 spiro atoms. The molecule has 0 unspecified atom stereocenters. The average Bonchev–Trinajstić information content (AvgIpc) is 2.18. The third-order valence-electron chi connectivity index (χ3n) is 2.32. The Labute approximate surface area is 91.7 Å². The van der Waals surface area contributed by atoms with E-state index in [0.717, 1.165) is 30.6 Å². The molecule has 0 fully saturated rings. The summed E-state index contributed by atoms with van der Waals surface area (Å²) in [5.41, 5.74) is 1.99. The standard InChI is InChI=1S/C13H20FN/c1-4-15-9-11-5-6-13(14)12(8-11)7-10(2)3/h5-6,8,10,15H,4,7,9H2,1-3H3. The summed E-state index contributed by atoms with van der Waals surface area (Å²) in [7, 11) is 0. The molecule has 0 saturated heterocycles. The molecule has 0 bridgehead atoms. The molecule has 1 rings (SSSR count). The second-order valence-corrected chi connectivity index (χ2v) is 4.30. The highest BCUT2D eigenvalue weighted by Crippen LogP contribution is 2.14. The van der Waals surface area contributed by atoms with Gasteiger partial charge < -0.3 is 5.32 Å². The van der Waals surface area contributed by atoms with Gasteiger partial charge in [-0.1, -0.05) is 32.9 Å². The first-order valence-corrected chi connectivity index (χ1v) is 5.61. The normalized spacial score (nSPS) is 11.0.